The van der Waals surface area contributed by atoms with Gasteiger partial charge >= 0.3 is 41.9 Å². The lowest BCUT2D eigenvalue weighted by Crippen LogP contribution is -2.51. The molecule has 0 bridgehead atoms. The maximum atomic E-state index is 12.6. The zero-order chi connectivity index (χ0) is 57.7. The highest BCUT2D eigenvalue weighted by molar-refractivity contribution is 7.92. The van der Waals surface area contributed by atoms with E-state index in [0.29, 0.717) is 41.3 Å². The van der Waals surface area contributed by atoms with Crippen LogP contribution >= 0.6 is 0 Å². The Bertz CT molecular complexity index is 2690. The van der Waals surface area contributed by atoms with Crippen LogP contribution in [0.2, 0.25) is 0 Å². The first kappa shape index (κ1) is 66.1. The second-order valence-corrected chi connectivity index (χ2v) is 17.9. The lowest BCUT2D eigenvalue weighted by molar-refractivity contribution is -0.322. The maximum Gasteiger partial charge on any atom is 0.435 e. The van der Waals surface area contributed by atoms with Gasteiger partial charge in [0.15, 0.2) is 26.6 Å². The highest BCUT2D eigenvalue weighted by Crippen LogP contribution is 2.47. The zero-order valence-corrected chi connectivity index (χ0v) is 42.3. The van der Waals surface area contributed by atoms with Crippen molar-refractivity contribution >= 4 is 51.4 Å². The third-order valence-electron chi connectivity index (χ3n) is 10.2. The Morgan fingerprint density at radius 1 is 0.684 bits per heavy atom. The second kappa shape index (κ2) is 32.4. The van der Waals surface area contributed by atoms with Crippen LogP contribution in [0.25, 0.3) is 6.08 Å². The number of ether oxygens (including phenoxy) is 3. The number of nitriles is 1. The van der Waals surface area contributed by atoms with Crippen molar-refractivity contribution in [3.05, 3.63) is 131 Å². The summed E-state index contributed by atoms with van der Waals surface area (Å²) in [5.74, 6) is -4.24. The average molecular weight is 1100 g/mol. The van der Waals surface area contributed by atoms with Gasteiger partial charge in [0.1, 0.15) is 0 Å². The van der Waals surface area contributed by atoms with E-state index in [-0.39, 0.29) is 16.0 Å². The van der Waals surface area contributed by atoms with E-state index in [1.807, 2.05) is 6.92 Å². The number of carboxylic acids is 4. The maximum absolute atomic E-state index is 12.6. The largest absolute Gasteiger partial charge is 0.493 e. The molecule has 1 unspecified atom stereocenters. The first-order valence-corrected chi connectivity index (χ1v) is 24.2. The van der Waals surface area contributed by atoms with Gasteiger partial charge in [-0.05, 0) is 85.5 Å². The first-order valence-electron chi connectivity index (χ1n) is 22.6. The lowest BCUT2D eigenvalue weighted by Gasteiger charge is -2.26. The van der Waals surface area contributed by atoms with E-state index < -0.39 is 75.0 Å². The van der Waals surface area contributed by atoms with Crippen LogP contribution in [-0.4, -0.2) is 98.0 Å². The monoisotopic (exact) mass is 1100 g/mol. The number of carboxylic acid groups (broad SMARTS) is 4. The molecule has 4 aromatic rings. The van der Waals surface area contributed by atoms with Gasteiger partial charge in [-0.15, -0.1) is 0 Å². The van der Waals surface area contributed by atoms with Crippen molar-refractivity contribution in [2.24, 2.45) is 0 Å². The molecule has 0 aliphatic carbocycles. The number of nitrogens with zero attached hydrogens (tertiary/aromatic N) is 1. The number of carbonyl (C=O) groups is 5. The van der Waals surface area contributed by atoms with Gasteiger partial charge in [-0.1, -0.05) is 92.6 Å². The first-order chi connectivity index (χ1) is 35.6. The number of unbranched alkanes of at least 4 members (excludes halogenated alkanes) is 8. The average Bonchev–Trinajstić information content (AvgIpc) is 3.35. The number of allylic oxidation sites excluding steroid dienone is 1. The number of methoxy groups -OCH3 is 3. The molecule has 0 aliphatic heterocycles. The molecule has 0 aliphatic rings. The van der Waals surface area contributed by atoms with Gasteiger partial charge in [0.25, 0.3) is 0 Å². The number of aliphatic carboxylic acids is 3. The molecule has 76 heavy (non-hydrogen) atoms. The third kappa shape index (κ3) is 22.7. The zero-order valence-electron chi connectivity index (χ0n) is 41.5. The van der Waals surface area contributed by atoms with Gasteiger partial charge in [0.05, 0.1) is 37.9 Å². The Hall–Kier alpha value is -7.94. The molecule has 0 radical (unpaired) electrons. The summed E-state index contributed by atoms with van der Waals surface area (Å²) in [7, 11) is 0.553. The fourth-order valence-corrected chi connectivity index (χ4v) is 7.87. The molecule has 4 aromatic carbocycles. The molecule has 0 heterocycles. The molecule has 1 atom stereocenters. The van der Waals surface area contributed by atoms with Crippen LogP contribution in [0.4, 0.5) is 36.4 Å². The predicted octanol–water partition coefficient (Wildman–Crippen LogP) is 11.6. The number of rotatable bonds is 23. The van der Waals surface area contributed by atoms with E-state index in [2.05, 4.69) is 11.4 Å². The van der Waals surface area contributed by atoms with Crippen molar-refractivity contribution in [1.29, 1.82) is 5.26 Å². The van der Waals surface area contributed by atoms with Gasteiger partial charge in [-0.3, -0.25) is 14.4 Å². The normalized spacial score (nSPS) is 11.8. The molecule has 0 saturated heterocycles. The molecule has 24 heteroatoms. The van der Waals surface area contributed by atoms with E-state index in [9.17, 15) is 68.2 Å². The van der Waals surface area contributed by atoms with Crippen molar-refractivity contribution in [2.45, 2.75) is 99.3 Å². The van der Waals surface area contributed by atoms with Crippen molar-refractivity contribution in [3.8, 4) is 23.3 Å². The summed E-state index contributed by atoms with van der Waals surface area (Å²) in [4.78, 5) is 54.4. The van der Waals surface area contributed by atoms with Crippen LogP contribution in [0.1, 0.15) is 96.5 Å². The number of alkyl halides is 7. The number of aryl methyl sites for hydroxylation is 1. The van der Waals surface area contributed by atoms with Crippen molar-refractivity contribution in [2.75, 3.05) is 26.6 Å². The quantitative estimate of drug-likeness (QED) is 0.0263. The van der Waals surface area contributed by atoms with E-state index >= 15 is 0 Å². The number of nitrogens with one attached hydrogen (secondary N) is 1. The smallest absolute Gasteiger partial charge is 0.435 e. The van der Waals surface area contributed by atoms with E-state index in [1.165, 1.54) is 83.1 Å². The lowest BCUT2D eigenvalue weighted by atomic mass is 10.0. The van der Waals surface area contributed by atoms with Gasteiger partial charge in [0, 0.05) is 30.7 Å². The Morgan fingerprint density at radius 2 is 1.21 bits per heavy atom. The third-order valence-corrected chi connectivity index (χ3v) is 12.2. The van der Waals surface area contributed by atoms with Gasteiger partial charge in [0.2, 0.25) is 11.7 Å². The fraction of sp³-hybridized carbons (Fsp3) is 0.346. The van der Waals surface area contributed by atoms with E-state index in [0.717, 1.165) is 37.7 Å². The molecule has 16 nitrogen and oxygen atoms in total. The van der Waals surface area contributed by atoms with Crippen LogP contribution in [-0.2, 0) is 29.0 Å². The molecule has 1 amide bonds. The number of halogens is 7. The van der Waals surface area contributed by atoms with Gasteiger partial charge in [-0.25, -0.2) is 22.4 Å². The summed E-state index contributed by atoms with van der Waals surface area (Å²) in [5.41, 5.74) is -3.33. The number of sulfone groups is 1. The Balaban J connectivity index is 0.000000522. The molecule has 0 fully saturated rings. The molecule has 414 valence electrons. The minimum Gasteiger partial charge on any atom is -0.493 e. The SMILES string of the molecule is COc1cc(C=CC(=O)Nc2cccc(C(=O)O)c2)cc(OC)c1OC.Cc1ccc(S(=O)(=O)C(C(=O)O)c2ccccc2)cc1.N#CCCCCCCCCCCC(=O)O.O=C(O)C=CC(F)(C(F)(F)F)C(F)(F)F. The molecule has 0 spiro atoms. The molecule has 5 N–H and O–H groups in total. The van der Waals surface area contributed by atoms with Crippen LogP contribution in [0.15, 0.2) is 114 Å². The highest BCUT2D eigenvalue weighted by Gasteiger charge is 2.71. The number of benzene rings is 4. The second-order valence-electron chi connectivity index (χ2n) is 15.9. The Kier molecular flexibility index (Phi) is 28.2. The van der Waals surface area contributed by atoms with Crippen molar-refractivity contribution < 1.29 is 97.8 Å². The summed E-state index contributed by atoms with van der Waals surface area (Å²) in [6.45, 7) is 1.84. The van der Waals surface area contributed by atoms with Crippen molar-refractivity contribution in [3.63, 3.8) is 0 Å². The number of hydrogen-bond donors (Lipinski definition) is 5. The molecular weight excluding hydrogens is 1040 g/mol. The summed E-state index contributed by atoms with van der Waals surface area (Å²) in [5, 5.41) is 43.8. The summed E-state index contributed by atoms with van der Waals surface area (Å²) >= 11 is 0. The minimum absolute atomic E-state index is 0.0133. The number of aromatic carboxylic acids is 1. The van der Waals surface area contributed by atoms with Crippen LogP contribution in [0.3, 0.4) is 0 Å². The number of anilines is 1. The van der Waals surface area contributed by atoms with E-state index in [1.54, 1.807) is 60.7 Å². The van der Waals surface area contributed by atoms with Crippen LogP contribution in [0.5, 0.6) is 17.2 Å². The predicted molar refractivity (Wildman–Crippen MR) is 264 cm³/mol. The fourth-order valence-electron chi connectivity index (χ4n) is 6.31. The summed E-state index contributed by atoms with van der Waals surface area (Å²) < 4.78 is 124. The number of hydrogen-bond acceptors (Lipinski definition) is 11. The summed E-state index contributed by atoms with van der Waals surface area (Å²) in [6.07, 6.45) is -1.48. The van der Waals surface area contributed by atoms with Crippen molar-refractivity contribution in [1.82, 2.24) is 0 Å². The molecular formula is C52H57F7N2O14S. The van der Waals surface area contributed by atoms with Gasteiger partial charge < -0.3 is 40.0 Å². The highest BCUT2D eigenvalue weighted by atomic mass is 32.2. The molecule has 0 aromatic heterocycles. The summed E-state index contributed by atoms with van der Waals surface area (Å²) in [6, 6.07) is 25.7. The number of amides is 1. The van der Waals surface area contributed by atoms with E-state index in [4.69, 9.17) is 34.8 Å². The molecule has 0 saturated carbocycles. The van der Waals surface area contributed by atoms with Crippen LogP contribution < -0.4 is 19.5 Å². The van der Waals surface area contributed by atoms with Crippen LogP contribution in [0, 0.1) is 18.3 Å². The standard InChI is InChI=1S/C19H19NO6.C15H14O4S.C12H21NO2.C6H3F7O2/c1-24-15-9-12(10-16(25-2)18(15)26-3)7-8-17(21)20-14-6-4-5-13(11-14)19(22)23;1-11-7-9-13(10-8-11)20(18,19)14(15(16)17)12-5-3-2-4-6-12;13-11-9-7-5-3-1-2-4-6-8-10-12(14)15;7-4(5(8,9)10,6(11,12)13)2-1-3(14)15/h4-11H,1-3H3,(H,20,21)(H,22,23);2-10,14H,1H3,(H,16,17);1-10H2,(H,14,15);1-2H,(H,14,15). The Morgan fingerprint density at radius 3 is 1.66 bits per heavy atom. The number of carbonyl (C=O) groups excluding carboxylic acids is 1. The molecule has 4 rings (SSSR count). The topological polar surface area (TPSA) is 264 Å². The Labute approximate surface area is 434 Å². The van der Waals surface area contributed by atoms with Gasteiger partial charge in [-0.2, -0.15) is 31.6 Å². The minimum atomic E-state index is -6.27.